The SMILES string of the molecule is C/C=C\c1c(C)ccc2c1NC(c1ncccc1F)=CO2.CC. The van der Waals surface area contributed by atoms with Crippen LogP contribution in [0, 0.1) is 12.7 Å². The fourth-order valence-corrected chi connectivity index (χ4v) is 2.30. The number of halogens is 1. The van der Waals surface area contributed by atoms with Crippen molar-refractivity contribution < 1.29 is 9.13 Å². The molecule has 0 radical (unpaired) electrons. The fourth-order valence-electron chi connectivity index (χ4n) is 2.30. The third kappa shape index (κ3) is 3.42. The molecule has 0 aliphatic carbocycles. The van der Waals surface area contributed by atoms with E-state index in [1.165, 1.54) is 12.3 Å². The topological polar surface area (TPSA) is 34.2 Å². The largest absolute Gasteiger partial charge is 0.461 e. The summed E-state index contributed by atoms with van der Waals surface area (Å²) in [6.07, 6.45) is 7.01. The molecule has 2 heterocycles. The summed E-state index contributed by atoms with van der Waals surface area (Å²) in [7, 11) is 0. The van der Waals surface area contributed by atoms with E-state index in [1.807, 2.05) is 52.0 Å². The highest BCUT2D eigenvalue weighted by molar-refractivity contribution is 5.86. The van der Waals surface area contributed by atoms with Crippen LogP contribution in [0.3, 0.4) is 0 Å². The molecule has 3 nitrogen and oxygen atoms in total. The summed E-state index contributed by atoms with van der Waals surface area (Å²) in [4.78, 5) is 4.07. The lowest BCUT2D eigenvalue weighted by atomic mass is 10.0. The van der Waals surface area contributed by atoms with E-state index in [-0.39, 0.29) is 11.5 Å². The van der Waals surface area contributed by atoms with Gasteiger partial charge in [0.15, 0.2) is 11.6 Å². The summed E-state index contributed by atoms with van der Waals surface area (Å²) in [5, 5.41) is 3.23. The Labute approximate surface area is 136 Å². The Kier molecular flexibility index (Phi) is 5.52. The minimum atomic E-state index is -0.386. The maximum Gasteiger partial charge on any atom is 0.151 e. The average molecular weight is 312 g/mol. The van der Waals surface area contributed by atoms with E-state index in [0.29, 0.717) is 11.4 Å². The average Bonchev–Trinajstić information content (AvgIpc) is 2.59. The first-order chi connectivity index (χ1) is 11.2. The molecule has 1 aliphatic rings. The van der Waals surface area contributed by atoms with Crippen LogP contribution >= 0.6 is 0 Å². The van der Waals surface area contributed by atoms with Crippen LogP contribution < -0.4 is 10.1 Å². The minimum absolute atomic E-state index is 0.246. The third-order valence-electron chi connectivity index (χ3n) is 3.34. The number of pyridine rings is 1. The van der Waals surface area contributed by atoms with Crippen molar-refractivity contribution in [1.29, 1.82) is 0 Å². The van der Waals surface area contributed by atoms with Crippen molar-refractivity contribution in [1.82, 2.24) is 4.98 Å². The van der Waals surface area contributed by atoms with Gasteiger partial charge in [0.25, 0.3) is 0 Å². The maximum atomic E-state index is 13.9. The molecular weight excluding hydrogens is 291 g/mol. The second kappa shape index (κ2) is 7.58. The van der Waals surface area contributed by atoms with Crippen LogP contribution in [0.5, 0.6) is 5.75 Å². The zero-order valence-electron chi connectivity index (χ0n) is 13.9. The number of allylic oxidation sites excluding steroid dienone is 1. The lowest BCUT2D eigenvalue weighted by molar-refractivity contribution is 0.479. The van der Waals surface area contributed by atoms with Gasteiger partial charge < -0.3 is 10.1 Å². The van der Waals surface area contributed by atoms with E-state index in [2.05, 4.69) is 10.3 Å². The second-order valence-electron chi connectivity index (χ2n) is 4.78. The van der Waals surface area contributed by atoms with E-state index < -0.39 is 0 Å². The smallest absolute Gasteiger partial charge is 0.151 e. The first-order valence-electron chi connectivity index (χ1n) is 7.71. The summed E-state index contributed by atoms with van der Waals surface area (Å²) in [6, 6.07) is 6.83. The Morgan fingerprint density at radius 1 is 1.22 bits per heavy atom. The van der Waals surface area contributed by atoms with Crippen LogP contribution in [0.1, 0.15) is 37.6 Å². The standard InChI is InChI=1S/C17H15FN2O.C2H6/c1-3-5-12-11(2)7-8-15-16(12)20-14(10-21-15)17-13(18)6-4-9-19-17;1-2/h3-10,20H,1-2H3;1-2H3/b5-3-;. The molecule has 0 bridgehead atoms. The number of ether oxygens (including phenoxy) is 1. The van der Waals surface area contributed by atoms with Crippen molar-refractivity contribution in [2.24, 2.45) is 0 Å². The molecule has 0 amide bonds. The molecule has 120 valence electrons. The summed E-state index contributed by atoms with van der Waals surface area (Å²) < 4.78 is 19.5. The Hall–Kier alpha value is -2.62. The number of nitrogens with one attached hydrogen (secondary N) is 1. The monoisotopic (exact) mass is 312 g/mol. The molecule has 0 atom stereocenters. The number of hydrogen-bond donors (Lipinski definition) is 1. The molecular formula is C19H21FN2O. The van der Waals surface area contributed by atoms with Crippen molar-refractivity contribution in [3.05, 3.63) is 65.4 Å². The summed E-state index contributed by atoms with van der Waals surface area (Å²) in [5.74, 6) is 0.331. The van der Waals surface area contributed by atoms with E-state index >= 15 is 0 Å². The van der Waals surface area contributed by atoms with Gasteiger partial charge in [-0.25, -0.2) is 4.39 Å². The zero-order chi connectivity index (χ0) is 16.8. The molecule has 1 N–H and O–H groups in total. The Morgan fingerprint density at radius 2 is 2.00 bits per heavy atom. The number of aromatic nitrogens is 1. The maximum absolute atomic E-state index is 13.9. The molecule has 0 saturated heterocycles. The van der Waals surface area contributed by atoms with Gasteiger partial charge in [0, 0.05) is 11.8 Å². The van der Waals surface area contributed by atoms with Crippen LogP contribution in [0.4, 0.5) is 10.1 Å². The molecule has 1 aromatic carbocycles. The molecule has 1 aliphatic heterocycles. The number of anilines is 1. The highest BCUT2D eigenvalue weighted by Crippen LogP contribution is 2.37. The van der Waals surface area contributed by atoms with Gasteiger partial charge in [-0.05, 0) is 37.6 Å². The highest BCUT2D eigenvalue weighted by Gasteiger charge is 2.19. The molecule has 4 heteroatoms. The van der Waals surface area contributed by atoms with Crippen LogP contribution in [-0.4, -0.2) is 4.98 Å². The van der Waals surface area contributed by atoms with Crippen molar-refractivity contribution in [2.45, 2.75) is 27.7 Å². The highest BCUT2D eigenvalue weighted by atomic mass is 19.1. The summed E-state index contributed by atoms with van der Waals surface area (Å²) in [5.41, 5.74) is 3.73. The molecule has 2 aromatic rings. The molecule has 3 rings (SSSR count). The number of nitrogens with zero attached hydrogens (tertiary/aromatic N) is 1. The van der Waals surface area contributed by atoms with E-state index in [9.17, 15) is 4.39 Å². The number of fused-ring (bicyclic) bond motifs is 1. The van der Waals surface area contributed by atoms with Crippen LogP contribution in [0.2, 0.25) is 0 Å². The van der Waals surface area contributed by atoms with E-state index in [1.54, 1.807) is 12.3 Å². The van der Waals surface area contributed by atoms with Gasteiger partial charge in [-0.3, -0.25) is 4.98 Å². The van der Waals surface area contributed by atoms with Crippen molar-refractivity contribution in [3.63, 3.8) is 0 Å². The van der Waals surface area contributed by atoms with Crippen LogP contribution in [0.25, 0.3) is 11.8 Å². The van der Waals surface area contributed by atoms with Crippen LogP contribution in [0.15, 0.2) is 42.8 Å². The van der Waals surface area contributed by atoms with Gasteiger partial charge in [0.2, 0.25) is 0 Å². The van der Waals surface area contributed by atoms with Crippen molar-refractivity contribution >= 4 is 17.5 Å². The van der Waals surface area contributed by atoms with Gasteiger partial charge in [0.1, 0.15) is 17.7 Å². The number of rotatable bonds is 2. The van der Waals surface area contributed by atoms with E-state index in [0.717, 1.165) is 16.8 Å². The van der Waals surface area contributed by atoms with Crippen molar-refractivity contribution in [2.75, 3.05) is 5.32 Å². The predicted octanol–water partition coefficient (Wildman–Crippen LogP) is 5.39. The Balaban J connectivity index is 0.000000924. The summed E-state index contributed by atoms with van der Waals surface area (Å²) in [6.45, 7) is 7.98. The lowest BCUT2D eigenvalue weighted by Crippen LogP contribution is -2.11. The predicted molar refractivity (Wildman–Crippen MR) is 93.7 cm³/mol. The Bertz CT molecular complexity index is 751. The molecule has 23 heavy (non-hydrogen) atoms. The molecule has 0 saturated carbocycles. The first kappa shape index (κ1) is 16.7. The molecule has 0 unspecified atom stereocenters. The number of hydrogen-bond acceptors (Lipinski definition) is 3. The fraction of sp³-hybridized carbons (Fsp3) is 0.211. The summed E-state index contributed by atoms with van der Waals surface area (Å²) >= 11 is 0. The first-order valence-corrected chi connectivity index (χ1v) is 7.71. The second-order valence-corrected chi connectivity index (χ2v) is 4.78. The Morgan fingerprint density at radius 3 is 2.70 bits per heavy atom. The molecule has 0 fully saturated rings. The van der Waals surface area contributed by atoms with Gasteiger partial charge in [-0.2, -0.15) is 0 Å². The van der Waals surface area contributed by atoms with Gasteiger partial charge >= 0.3 is 0 Å². The number of aryl methyl sites for hydroxylation is 1. The minimum Gasteiger partial charge on any atom is -0.461 e. The van der Waals surface area contributed by atoms with Crippen LogP contribution in [-0.2, 0) is 0 Å². The normalized spacial score (nSPS) is 12.5. The zero-order valence-corrected chi connectivity index (χ0v) is 13.9. The quantitative estimate of drug-likeness (QED) is 0.807. The number of benzene rings is 1. The van der Waals surface area contributed by atoms with E-state index in [4.69, 9.17) is 4.74 Å². The van der Waals surface area contributed by atoms with Crippen molar-refractivity contribution in [3.8, 4) is 5.75 Å². The van der Waals surface area contributed by atoms with Gasteiger partial charge in [0.05, 0.1) is 5.69 Å². The lowest BCUT2D eigenvalue weighted by Gasteiger charge is -2.22. The van der Waals surface area contributed by atoms with Gasteiger partial charge in [-0.15, -0.1) is 0 Å². The third-order valence-corrected chi connectivity index (χ3v) is 3.34. The van der Waals surface area contributed by atoms with Gasteiger partial charge in [-0.1, -0.05) is 32.1 Å². The molecule has 1 aromatic heterocycles. The molecule has 0 spiro atoms.